The summed E-state index contributed by atoms with van der Waals surface area (Å²) >= 11 is 0. The monoisotopic (exact) mass is 564 g/mol. The molecule has 4 rings (SSSR count). The molecular formula is C31H37FN4O5. The van der Waals surface area contributed by atoms with Gasteiger partial charge in [0.1, 0.15) is 17.0 Å². The molecule has 0 bridgehead atoms. The third-order valence-corrected chi connectivity index (χ3v) is 6.34. The number of piperazine rings is 1. The van der Waals surface area contributed by atoms with Gasteiger partial charge in [0, 0.05) is 61.1 Å². The van der Waals surface area contributed by atoms with E-state index in [0.29, 0.717) is 43.0 Å². The fourth-order valence-electron chi connectivity index (χ4n) is 4.45. The Bertz CT molecular complexity index is 1450. The fraction of sp³-hybridized carbons (Fsp3) is 0.419. The predicted molar refractivity (Wildman–Crippen MR) is 156 cm³/mol. The number of nitrogens with one attached hydrogen (secondary N) is 1. The molecule has 2 aromatic carbocycles. The molecule has 0 spiro atoms. The summed E-state index contributed by atoms with van der Waals surface area (Å²) in [5.74, 6) is -0.779. The molecule has 1 aliphatic heterocycles. The molecule has 41 heavy (non-hydrogen) atoms. The molecular weight excluding hydrogens is 527 g/mol. The summed E-state index contributed by atoms with van der Waals surface area (Å²) in [7, 11) is 0. The molecule has 0 radical (unpaired) electrons. The van der Waals surface area contributed by atoms with E-state index in [4.69, 9.17) is 9.47 Å². The Balaban J connectivity index is 1.43. The van der Waals surface area contributed by atoms with Crippen LogP contribution in [0.5, 0.6) is 0 Å². The molecule has 218 valence electrons. The van der Waals surface area contributed by atoms with E-state index in [1.54, 1.807) is 31.7 Å². The van der Waals surface area contributed by atoms with E-state index < -0.39 is 23.1 Å². The molecule has 0 saturated carbocycles. The number of pyridine rings is 1. The van der Waals surface area contributed by atoms with Crippen molar-refractivity contribution >= 4 is 40.2 Å². The number of halogens is 1. The number of fused-ring (bicyclic) bond motifs is 1. The Kier molecular flexibility index (Phi) is 8.51. The second kappa shape index (κ2) is 11.7. The third kappa shape index (κ3) is 8.15. The summed E-state index contributed by atoms with van der Waals surface area (Å²) in [5, 5.41) is 3.40. The van der Waals surface area contributed by atoms with Gasteiger partial charge in [0.05, 0.1) is 5.52 Å². The number of carbonyl (C=O) groups is 3. The van der Waals surface area contributed by atoms with E-state index in [1.807, 2.05) is 39.0 Å². The summed E-state index contributed by atoms with van der Waals surface area (Å²) in [4.78, 5) is 46.2. The highest BCUT2D eigenvalue weighted by Gasteiger charge is 2.26. The van der Waals surface area contributed by atoms with Gasteiger partial charge in [0.25, 0.3) is 0 Å². The lowest BCUT2D eigenvalue weighted by molar-refractivity contribution is 0.0240. The van der Waals surface area contributed by atoms with E-state index in [-0.39, 0.29) is 18.3 Å². The van der Waals surface area contributed by atoms with Crippen LogP contribution in [-0.4, -0.2) is 65.2 Å². The predicted octanol–water partition coefficient (Wildman–Crippen LogP) is 6.20. The van der Waals surface area contributed by atoms with Crippen LogP contribution >= 0.6 is 0 Å². The Morgan fingerprint density at radius 1 is 0.902 bits per heavy atom. The molecule has 0 aliphatic carbocycles. The topological polar surface area (TPSA) is 101 Å². The Labute approximate surface area is 239 Å². The first-order valence-corrected chi connectivity index (χ1v) is 13.6. The smallest absolute Gasteiger partial charge is 0.412 e. The standard InChI is InChI=1S/C31H37FN4O5/c1-30(2,3)40-28(38)34-25-10-8-23(32)16-21(25)17-27(37)22-15-20-7-9-24(18-26(20)33-19-22)35-11-13-36(14-12-35)29(39)41-31(4,5)6/h7-10,15-16,18-19H,11-14,17H2,1-6H3,(H,34,38). The maximum Gasteiger partial charge on any atom is 0.412 e. The summed E-state index contributed by atoms with van der Waals surface area (Å²) < 4.78 is 24.8. The summed E-state index contributed by atoms with van der Waals surface area (Å²) in [6.45, 7) is 13.2. The second-order valence-electron chi connectivity index (χ2n) is 12.1. The first-order valence-electron chi connectivity index (χ1n) is 13.6. The van der Waals surface area contributed by atoms with Crippen LogP contribution in [0.15, 0.2) is 48.7 Å². The number of benzene rings is 2. The van der Waals surface area contributed by atoms with Crippen molar-refractivity contribution in [1.29, 1.82) is 0 Å². The molecule has 9 nitrogen and oxygen atoms in total. The van der Waals surface area contributed by atoms with Gasteiger partial charge in [-0.05, 0) is 83.5 Å². The molecule has 1 aliphatic rings. The lowest BCUT2D eigenvalue weighted by Crippen LogP contribution is -2.50. The maximum absolute atomic E-state index is 14.0. The minimum atomic E-state index is -0.703. The van der Waals surface area contributed by atoms with Gasteiger partial charge in [-0.25, -0.2) is 14.0 Å². The van der Waals surface area contributed by atoms with Crippen LogP contribution in [0.1, 0.15) is 57.5 Å². The number of amides is 2. The van der Waals surface area contributed by atoms with E-state index >= 15 is 0 Å². The van der Waals surface area contributed by atoms with Crippen molar-refractivity contribution in [2.75, 3.05) is 36.4 Å². The summed E-state index contributed by atoms with van der Waals surface area (Å²) in [6.07, 6.45) is 0.387. The molecule has 1 N–H and O–H groups in total. The van der Waals surface area contributed by atoms with Crippen LogP contribution in [0.2, 0.25) is 0 Å². The van der Waals surface area contributed by atoms with Crippen molar-refractivity contribution in [3.8, 4) is 0 Å². The molecule has 1 saturated heterocycles. The molecule has 3 aromatic rings. The number of carbonyl (C=O) groups excluding carboxylic acids is 3. The zero-order valence-corrected chi connectivity index (χ0v) is 24.4. The van der Waals surface area contributed by atoms with Crippen LogP contribution in [0, 0.1) is 5.82 Å². The van der Waals surface area contributed by atoms with Gasteiger partial charge in [0.15, 0.2) is 5.78 Å². The quantitative estimate of drug-likeness (QED) is 0.368. The second-order valence-corrected chi connectivity index (χ2v) is 12.1. The molecule has 2 amide bonds. The molecule has 1 aromatic heterocycles. The van der Waals surface area contributed by atoms with Gasteiger partial charge in [-0.2, -0.15) is 0 Å². The van der Waals surface area contributed by atoms with Crippen molar-refractivity contribution in [2.45, 2.75) is 59.2 Å². The minimum absolute atomic E-state index is 0.129. The van der Waals surface area contributed by atoms with Gasteiger partial charge in [-0.1, -0.05) is 6.07 Å². The zero-order chi connectivity index (χ0) is 29.9. The number of ether oxygens (including phenoxy) is 2. The van der Waals surface area contributed by atoms with Crippen LogP contribution in [0.25, 0.3) is 10.9 Å². The number of hydrogen-bond acceptors (Lipinski definition) is 7. The molecule has 0 unspecified atom stereocenters. The van der Waals surface area contributed by atoms with Gasteiger partial charge in [-0.3, -0.25) is 15.1 Å². The minimum Gasteiger partial charge on any atom is -0.444 e. The number of hydrogen-bond donors (Lipinski definition) is 1. The normalized spacial score (nSPS) is 14.1. The number of rotatable bonds is 5. The zero-order valence-electron chi connectivity index (χ0n) is 24.4. The van der Waals surface area contributed by atoms with Gasteiger partial charge < -0.3 is 19.3 Å². The third-order valence-electron chi connectivity index (χ3n) is 6.34. The summed E-state index contributed by atoms with van der Waals surface area (Å²) in [5.41, 5.74) is 1.49. The number of nitrogens with zero attached hydrogens (tertiary/aromatic N) is 3. The van der Waals surface area contributed by atoms with Gasteiger partial charge in [-0.15, -0.1) is 0 Å². The highest BCUT2D eigenvalue weighted by atomic mass is 19.1. The fourth-order valence-corrected chi connectivity index (χ4v) is 4.45. The maximum atomic E-state index is 14.0. The van der Waals surface area contributed by atoms with Crippen molar-refractivity contribution in [2.24, 2.45) is 0 Å². The van der Waals surface area contributed by atoms with Crippen LogP contribution in [0.3, 0.4) is 0 Å². The van der Waals surface area contributed by atoms with Crippen LogP contribution in [-0.2, 0) is 15.9 Å². The van der Waals surface area contributed by atoms with E-state index in [2.05, 4.69) is 15.2 Å². The molecule has 10 heteroatoms. The lowest BCUT2D eigenvalue weighted by Gasteiger charge is -2.36. The largest absolute Gasteiger partial charge is 0.444 e. The van der Waals surface area contributed by atoms with E-state index in [9.17, 15) is 18.8 Å². The molecule has 0 atom stereocenters. The SMILES string of the molecule is CC(C)(C)OC(=O)Nc1ccc(F)cc1CC(=O)c1cnc2cc(N3CCN(C(=O)OC(C)(C)C)CC3)ccc2c1. The van der Waals surface area contributed by atoms with Crippen molar-refractivity contribution < 1.29 is 28.2 Å². The lowest BCUT2D eigenvalue weighted by atomic mass is 10.0. The Morgan fingerprint density at radius 2 is 1.59 bits per heavy atom. The number of Topliss-reactive ketones (excluding diaryl/α,β-unsaturated/α-hetero) is 1. The van der Waals surface area contributed by atoms with Crippen molar-refractivity contribution in [3.63, 3.8) is 0 Å². The number of anilines is 2. The van der Waals surface area contributed by atoms with Crippen molar-refractivity contribution in [3.05, 3.63) is 65.6 Å². The Morgan fingerprint density at radius 3 is 2.24 bits per heavy atom. The van der Waals surface area contributed by atoms with Crippen LogP contribution in [0.4, 0.5) is 25.4 Å². The van der Waals surface area contributed by atoms with Crippen molar-refractivity contribution in [1.82, 2.24) is 9.88 Å². The number of aromatic nitrogens is 1. The highest BCUT2D eigenvalue weighted by Crippen LogP contribution is 2.25. The van der Waals surface area contributed by atoms with Gasteiger partial charge >= 0.3 is 12.2 Å². The average Bonchev–Trinajstić information content (AvgIpc) is 2.87. The first kappa shape index (κ1) is 29.8. The first-order chi connectivity index (χ1) is 19.2. The number of ketones is 1. The van der Waals surface area contributed by atoms with Crippen LogP contribution < -0.4 is 10.2 Å². The molecule has 2 heterocycles. The highest BCUT2D eigenvalue weighted by molar-refractivity contribution is 6.01. The van der Waals surface area contributed by atoms with Gasteiger partial charge in [0.2, 0.25) is 0 Å². The van der Waals surface area contributed by atoms with E-state index in [0.717, 1.165) is 16.6 Å². The molecule has 1 fully saturated rings. The summed E-state index contributed by atoms with van der Waals surface area (Å²) in [6, 6.07) is 11.5. The average molecular weight is 565 g/mol. The van der Waals surface area contributed by atoms with E-state index in [1.165, 1.54) is 24.4 Å². The Hall–Kier alpha value is -4.21.